The largest absolute Gasteiger partial charge is 0.481 e. The van der Waals surface area contributed by atoms with Crippen molar-refractivity contribution in [1.82, 2.24) is 15.0 Å². The van der Waals surface area contributed by atoms with Crippen molar-refractivity contribution in [3.05, 3.63) is 36.5 Å². The second-order valence-corrected chi connectivity index (χ2v) is 3.69. The van der Waals surface area contributed by atoms with Gasteiger partial charge in [0.05, 0.1) is 12.7 Å². The van der Waals surface area contributed by atoms with Crippen molar-refractivity contribution in [3.8, 4) is 11.3 Å². The molecule has 1 heterocycles. The lowest BCUT2D eigenvalue weighted by atomic mass is 10.2. The zero-order valence-electron chi connectivity index (χ0n) is 9.28. The summed E-state index contributed by atoms with van der Waals surface area (Å²) in [6, 6.07) is 9.76. The van der Waals surface area contributed by atoms with Crippen LogP contribution in [0, 0.1) is 0 Å². The van der Waals surface area contributed by atoms with Crippen LogP contribution in [0.15, 0.2) is 36.5 Å². The number of nitrogens with zero attached hydrogens (tertiary/aromatic N) is 3. The highest BCUT2D eigenvalue weighted by Gasteiger charge is 2.03. The van der Waals surface area contributed by atoms with E-state index in [1.54, 1.807) is 6.20 Å². The van der Waals surface area contributed by atoms with Crippen LogP contribution in [0.25, 0.3) is 11.3 Å². The number of aromatic nitrogens is 3. The van der Waals surface area contributed by atoms with Crippen LogP contribution in [-0.4, -0.2) is 26.1 Å². The highest BCUT2D eigenvalue weighted by Crippen LogP contribution is 2.14. The molecule has 17 heavy (non-hydrogen) atoms. The highest BCUT2D eigenvalue weighted by atomic mass is 16.4. The van der Waals surface area contributed by atoms with E-state index in [4.69, 9.17) is 5.11 Å². The van der Waals surface area contributed by atoms with E-state index in [-0.39, 0.29) is 6.42 Å². The maximum Gasteiger partial charge on any atom is 0.303 e. The number of carboxylic acid groups (broad SMARTS) is 1. The standard InChI is InChI=1S/C12H13N3O2/c16-12(17)7-4-8-15-13-9-11(14-15)10-5-2-1-3-6-10/h1-3,5-6,9H,4,7-8H2,(H,16,17). The average molecular weight is 231 g/mol. The van der Waals surface area contributed by atoms with Crippen LogP contribution in [0.1, 0.15) is 12.8 Å². The van der Waals surface area contributed by atoms with Gasteiger partial charge in [0.2, 0.25) is 0 Å². The molecule has 0 radical (unpaired) electrons. The second kappa shape index (κ2) is 5.25. The van der Waals surface area contributed by atoms with E-state index in [0.717, 1.165) is 11.3 Å². The van der Waals surface area contributed by atoms with Crippen LogP contribution in [0.2, 0.25) is 0 Å². The predicted octanol–water partition coefficient (Wildman–Crippen LogP) is 1.81. The summed E-state index contributed by atoms with van der Waals surface area (Å²) >= 11 is 0. The lowest BCUT2D eigenvalue weighted by molar-refractivity contribution is -0.137. The van der Waals surface area contributed by atoms with Gasteiger partial charge in [-0.25, -0.2) is 0 Å². The number of hydrogen-bond acceptors (Lipinski definition) is 3. The fourth-order valence-corrected chi connectivity index (χ4v) is 1.52. The lowest BCUT2D eigenvalue weighted by Crippen LogP contribution is -2.05. The Hall–Kier alpha value is -2.17. The molecule has 0 aliphatic heterocycles. The Morgan fingerprint density at radius 1 is 1.29 bits per heavy atom. The van der Waals surface area contributed by atoms with E-state index >= 15 is 0 Å². The maximum absolute atomic E-state index is 10.4. The molecule has 5 nitrogen and oxygen atoms in total. The molecular formula is C12H13N3O2. The lowest BCUT2D eigenvalue weighted by Gasteiger charge is -1.97. The molecule has 88 valence electrons. The summed E-state index contributed by atoms with van der Waals surface area (Å²) in [7, 11) is 0. The van der Waals surface area contributed by atoms with Crippen molar-refractivity contribution in [2.75, 3.05) is 0 Å². The number of benzene rings is 1. The Bertz CT molecular complexity index is 493. The number of aryl methyl sites for hydroxylation is 1. The molecule has 0 bridgehead atoms. The second-order valence-electron chi connectivity index (χ2n) is 3.69. The first kappa shape index (κ1) is 11.3. The zero-order chi connectivity index (χ0) is 12.1. The molecule has 0 amide bonds. The van der Waals surface area contributed by atoms with Crippen LogP contribution < -0.4 is 0 Å². The van der Waals surface area contributed by atoms with Gasteiger partial charge in [-0.1, -0.05) is 30.3 Å². The molecule has 0 saturated carbocycles. The van der Waals surface area contributed by atoms with Gasteiger partial charge in [-0.2, -0.15) is 15.0 Å². The third-order valence-electron chi connectivity index (χ3n) is 2.35. The van der Waals surface area contributed by atoms with E-state index in [0.29, 0.717) is 13.0 Å². The van der Waals surface area contributed by atoms with E-state index in [1.807, 2.05) is 30.3 Å². The molecule has 0 saturated heterocycles. The van der Waals surface area contributed by atoms with Gasteiger partial charge in [-0.15, -0.1) is 0 Å². The van der Waals surface area contributed by atoms with E-state index in [1.165, 1.54) is 4.80 Å². The quantitative estimate of drug-likeness (QED) is 0.852. The molecular weight excluding hydrogens is 218 g/mol. The third kappa shape index (κ3) is 3.14. The third-order valence-corrected chi connectivity index (χ3v) is 2.35. The van der Waals surface area contributed by atoms with Crippen molar-refractivity contribution in [1.29, 1.82) is 0 Å². The van der Waals surface area contributed by atoms with Gasteiger partial charge in [0.1, 0.15) is 5.69 Å². The summed E-state index contributed by atoms with van der Waals surface area (Å²) in [6.45, 7) is 0.527. The summed E-state index contributed by atoms with van der Waals surface area (Å²) in [5.74, 6) is -0.791. The summed E-state index contributed by atoms with van der Waals surface area (Å²) in [4.78, 5) is 11.9. The number of hydrogen-bond donors (Lipinski definition) is 1. The van der Waals surface area contributed by atoms with Gasteiger partial charge in [0.15, 0.2) is 0 Å². The minimum atomic E-state index is -0.791. The Kier molecular flexibility index (Phi) is 3.49. The fraction of sp³-hybridized carbons (Fsp3) is 0.250. The molecule has 2 rings (SSSR count). The zero-order valence-corrected chi connectivity index (χ0v) is 9.28. The number of carbonyl (C=O) groups is 1. The van der Waals surface area contributed by atoms with Crippen LogP contribution in [0.5, 0.6) is 0 Å². The number of carboxylic acids is 1. The highest BCUT2D eigenvalue weighted by molar-refractivity contribution is 5.66. The normalized spacial score (nSPS) is 10.4. The van der Waals surface area contributed by atoms with Crippen molar-refractivity contribution < 1.29 is 9.90 Å². The molecule has 2 aromatic rings. The molecule has 0 aliphatic carbocycles. The molecule has 0 unspecified atom stereocenters. The Morgan fingerprint density at radius 3 is 2.76 bits per heavy atom. The summed E-state index contributed by atoms with van der Waals surface area (Å²) in [5, 5.41) is 16.9. The smallest absolute Gasteiger partial charge is 0.303 e. The van der Waals surface area contributed by atoms with Gasteiger partial charge in [-0.3, -0.25) is 4.79 Å². The minimum Gasteiger partial charge on any atom is -0.481 e. The Labute approximate surface area is 98.7 Å². The summed E-state index contributed by atoms with van der Waals surface area (Å²) in [6.07, 6.45) is 2.37. The average Bonchev–Trinajstić information content (AvgIpc) is 2.78. The van der Waals surface area contributed by atoms with Gasteiger partial charge >= 0.3 is 5.97 Å². The van der Waals surface area contributed by atoms with E-state index < -0.39 is 5.97 Å². The predicted molar refractivity (Wildman–Crippen MR) is 62.3 cm³/mol. The molecule has 0 atom stereocenters. The molecule has 1 N–H and O–H groups in total. The molecule has 1 aromatic carbocycles. The molecule has 0 fully saturated rings. The first-order chi connectivity index (χ1) is 8.25. The monoisotopic (exact) mass is 231 g/mol. The Morgan fingerprint density at radius 2 is 2.06 bits per heavy atom. The first-order valence-corrected chi connectivity index (χ1v) is 5.43. The molecule has 5 heteroatoms. The van der Waals surface area contributed by atoms with Gasteiger partial charge < -0.3 is 5.11 Å². The van der Waals surface area contributed by atoms with Crippen molar-refractivity contribution in [2.24, 2.45) is 0 Å². The SMILES string of the molecule is O=C(O)CCCn1ncc(-c2ccccc2)n1. The van der Waals surface area contributed by atoms with Gasteiger partial charge in [0, 0.05) is 12.0 Å². The van der Waals surface area contributed by atoms with Crippen LogP contribution >= 0.6 is 0 Å². The van der Waals surface area contributed by atoms with E-state index in [9.17, 15) is 4.79 Å². The fourth-order valence-electron chi connectivity index (χ4n) is 1.52. The molecule has 1 aromatic heterocycles. The van der Waals surface area contributed by atoms with E-state index in [2.05, 4.69) is 10.2 Å². The van der Waals surface area contributed by atoms with Gasteiger partial charge in [0.25, 0.3) is 0 Å². The van der Waals surface area contributed by atoms with Crippen molar-refractivity contribution in [3.63, 3.8) is 0 Å². The Balaban J connectivity index is 1.99. The summed E-state index contributed by atoms with van der Waals surface area (Å²) < 4.78 is 0. The van der Waals surface area contributed by atoms with Crippen molar-refractivity contribution in [2.45, 2.75) is 19.4 Å². The van der Waals surface area contributed by atoms with Crippen molar-refractivity contribution >= 4 is 5.97 Å². The van der Waals surface area contributed by atoms with Gasteiger partial charge in [-0.05, 0) is 6.42 Å². The maximum atomic E-state index is 10.4. The topological polar surface area (TPSA) is 68.0 Å². The molecule has 0 spiro atoms. The molecule has 0 aliphatic rings. The minimum absolute atomic E-state index is 0.141. The number of rotatable bonds is 5. The van der Waals surface area contributed by atoms with Crippen LogP contribution in [0.4, 0.5) is 0 Å². The summed E-state index contributed by atoms with van der Waals surface area (Å²) in [5.41, 5.74) is 1.82. The number of aliphatic carboxylic acids is 1. The first-order valence-electron chi connectivity index (χ1n) is 5.43. The van der Waals surface area contributed by atoms with Crippen LogP contribution in [0.3, 0.4) is 0 Å². The van der Waals surface area contributed by atoms with Crippen LogP contribution in [-0.2, 0) is 11.3 Å².